The van der Waals surface area contributed by atoms with E-state index in [1.165, 1.54) is 0 Å². The van der Waals surface area contributed by atoms with E-state index >= 15 is 0 Å². The van der Waals surface area contributed by atoms with Crippen LogP contribution in [0.5, 0.6) is 0 Å². The molecule has 1 heterocycles. The number of carbonyl (C=O) groups is 1. The molecule has 17 heavy (non-hydrogen) atoms. The van der Waals surface area contributed by atoms with E-state index in [1.807, 2.05) is 13.0 Å². The first-order valence-corrected chi connectivity index (χ1v) is 6.08. The van der Waals surface area contributed by atoms with E-state index in [4.69, 9.17) is 14.2 Å². The molecule has 1 aliphatic heterocycles. The van der Waals surface area contributed by atoms with Crippen LogP contribution in [-0.2, 0) is 19.0 Å². The number of ketones is 1. The summed E-state index contributed by atoms with van der Waals surface area (Å²) in [4.78, 5) is 12.6. The first-order chi connectivity index (χ1) is 8.09. The molecule has 4 heteroatoms. The second-order valence-electron chi connectivity index (χ2n) is 5.26. The summed E-state index contributed by atoms with van der Waals surface area (Å²) in [7, 11) is 3.14. The molecule has 4 nitrogen and oxygen atoms in total. The number of hydrogen-bond acceptors (Lipinski definition) is 4. The first-order valence-electron chi connectivity index (χ1n) is 6.08. The van der Waals surface area contributed by atoms with Crippen molar-refractivity contribution < 1.29 is 19.0 Å². The van der Waals surface area contributed by atoms with Gasteiger partial charge in [0.1, 0.15) is 0 Å². The van der Waals surface area contributed by atoms with Gasteiger partial charge in [0.25, 0.3) is 0 Å². The van der Waals surface area contributed by atoms with Crippen molar-refractivity contribution in [3.05, 3.63) is 11.6 Å². The Bertz CT molecular complexity index is 402. The number of hydrogen-bond donors (Lipinski definition) is 0. The lowest BCUT2D eigenvalue weighted by Gasteiger charge is -2.57. The molecule has 2 fully saturated rings. The van der Waals surface area contributed by atoms with E-state index in [-0.39, 0.29) is 11.7 Å². The molecule has 4 bridgehead atoms. The van der Waals surface area contributed by atoms with Crippen LogP contribution in [0.1, 0.15) is 19.8 Å². The van der Waals surface area contributed by atoms with Gasteiger partial charge in [0.2, 0.25) is 11.6 Å². The molecule has 0 amide bonds. The predicted molar refractivity (Wildman–Crippen MR) is 60.4 cm³/mol. The number of ether oxygens (including phenoxy) is 3. The molecule has 3 aliphatic carbocycles. The predicted octanol–water partition coefficient (Wildman–Crippen LogP) is 1.30. The fraction of sp³-hybridized carbons (Fsp3) is 0.769. The minimum absolute atomic E-state index is 0.0609. The Kier molecular flexibility index (Phi) is 2.28. The molecule has 0 aromatic rings. The van der Waals surface area contributed by atoms with Crippen molar-refractivity contribution in [1.82, 2.24) is 0 Å². The Labute approximate surface area is 101 Å². The highest BCUT2D eigenvalue weighted by Crippen LogP contribution is 2.56. The van der Waals surface area contributed by atoms with Gasteiger partial charge < -0.3 is 14.2 Å². The Balaban J connectivity index is 2.19. The minimum atomic E-state index is -1.10. The van der Waals surface area contributed by atoms with Crippen molar-refractivity contribution in [2.75, 3.05) is 20.8 Å². The van der Waals surface area contributed by atoms with Gasteiger partial charge in [-0.25, -0.2) is 0 Å². The highest BCUT2D eigenvalue weighted by Gasteiger charge is 2.67. The zero-order valence-corrected chi connectivity index (χ0v) is 10.5. The van der Waals surface area contributed by atoms with Gasteiger partial charge in [-0.05, 0) is 31.8 Å². The third kappa shape index (κ3) is 1.16. The van der Waals surface area contributed by atoms with Gasteiger partial charge in [-0.2, -0.15) is 0 Å². The normalized spacial score (nSPS) is 48.2. The van der Waals surface area contributed by atoms with E-state index in [2.05, 4.69) is 0 Å². The number of carbonyl (C=O) groups excluding carboxylic acids is 1. The Hall–Kier alpha value is -0.710. The Morgan fingerprint density at radius 3 is 2.82 bits per heavy atom. The standard InChI is InChI=1S/C13H18O4/c1-8-6-12(15-2)7-9-4-5-17-13(16-3,10(8)9)11(12)14/h6,9-10H,4-5,7H2,1-3H3/t9-,10+,12+,13-/m1/s1. The summed E-state index contributed by atoms with van der Waals surface area (Å²) in [6.07, 6.45) is 3.70. The molecule has 0 N–H and O–H groups in total. The lowest BCUT2D eigenvalue weighted by molar-refractivity contribution is -0.289. The lowest BCUT2D eigenvalue weighted by atomic mass is 9.57. The van der Waals surface area contributed by atoms with Gasteiger partial charge in [0.05, 0.1) is 6.61 Å². The monoisotopic (exact) mass is 238 g/mol. The average molecular weight is 238 g/mol. The van der Waals surface area contributed by atoms with E-state index in [9.17, 15) is 4.79 Å². The van der Waals surface area contributed by atoms with Gasteiger partial charge in [0, 0.05) is 20.1 Å². The first kappa shape index (κ1) is 11.4. The molecular formula is C13H18O4. The fourth-order valence-electron chi connectivity index (χ4n) is 3.90. The third-order valence-corrected chi connectivity index (χ3v) is 4.57. The molecule has 1 saturated heterocycles. The molecule has 0 aromatic carbocycles. The molecule has 1 saturated carbocycles. The summed E-state index contributed by atoms with van der Waals surface area (Å²) in [5.41, 5.74) is 0.323. The fourth-order valence-corrected chi connectivity index (χ4v) is 3.90. The summed E-state index contributed by atoms with van der Waals surface area (Å²) < 4.78 is 16.8. The van der Waals surface area contributed by atoms with Crippen LogP contribution >= 0.6 is 0 Å². The maximum Gasteiger partial charge on any atom is 0.239 e. The summed E-state index contributed by atoms with van der Waals surface area (Å²) >= 11 is 0. The van der Waals surface area contributed by atoms with Crippen LogP contribution in [0.4, 0.5) is 0 Å². The average Bonchev–Trinajstić information content (AvgIpc) is 2.35. The van der Waals surface area contributed by atoms with Gasteiger partial charge in [-0.15, -0.1) is 0 Å². The lowest BCUT2D eigenvalue weighted by Crippen LogP contribution is -2.70. The molecule has 0 aromatic heterocycles. The van der Waals surface area contributed by atoms with Crippen LogP contribution in [0.25, 0.3) is 0 Å². The van der Waals surface area contributed by atoms with E-state index in [0.29, 0.717) is 12.5 Å². The zero-order chi connectivity index (χ0) is 12.3. The van der Waals surface area contributed by atoms with E-state index in [1.54, 1.807) is 14.2 Å². The summed E-state index contributed by atoms with van der Waals surface area (Å²) in [6.45, 7) is 2.63. The molecule has 94 valence electrons. The number of methoxy groups -OCH3 is 2. The smallest absolute Gasteiger partial charge is 0.239 e. The summed E-state index contributed by atoms with van der Waals surface area (Å²) in [6, 6.07) is 0. The van der Waals surface area contributed by atoms with Gasteiger partial charge in [-0.3, -0.25) is 4.79 Å². The van der Waals surface area contributed by atoms with E-state index in [0.717, 1.165) is 18.4 Å². The number of rotatable bonds is 2. The molecule has 4 rings (SSSR count). The maximum absolute atomic E-state index is 12.6. The summed E-state index contributed by atoms with van der Waals surface area (Å²) in [5.74, 6) is -0.686. The highest BCUT2D eigenvalue weighted by molar-refractivity contribution is 5.99. The van der Waals surface area contributed by atoms with Crippen LogP contribution in [0.15, 0.2) is 11.6 Å². The molecule has 0 radical (unpaired) electrons. The van der Waals surface area contributed by atoms with Crippen molar-refractivity contribution >= 4 is 5.78 Å². The van der Waals surface area contributed by atoms with Gasteiger partial charge >= 0.3 is 0 Å². The summed E-state index contributed by atoms with van der Waals surface area (Å²) in [5, 5.41) is 0. The molecule has 4 aliphatic rings. The SMILES string of the molecule is CO[C@@]12OCC[C@@H]3C[C@@](OC)(C=C(C)[C@@H]31)C2=O. The molecule has 0 spiro atoms. The van der Waals surface area contributed by atoms with Crippen molar-refractivity contribution in [3.8, 4) is 0 Å². The van der Waals surface area contributed by atoms with Crippen molar-refractivity contribution in [2.45, 2.75) is 31.2 Å². The molecule has 4 atom stereocenters. The molecule has 0 unspecified atom stereocenters. The van der Waals surface area contributed by atoms with Gasteiger partial charge in [-0.1, -0.05) is 5.57 Å². The van der Waals surface area contributed by atoms with Crippen LogP contribution < -0.4 is 0 Å². The Morgan fingerprint density at radius 1 is 1.41 bits per heavy atom. The van der Waals surface area contributed by atoms with Crippen LogP contribution in [-0.4, -0.2) is 38.0 Å². The van der Waals surface area contributed by atoms with Crippen LogP contribution in [0.3, 0.4) is 0 Å². The highest BCUT2D eigenvalue weighted by atomic mass is 16.7. The topological polar surface area (TPSA) is 44.8 Å². The minimum Gasteiger partial charge on any atom is -0.366 e. The van der Waals surface area contributed by atoms with Gasteiger partial charge in [0.15, 0.2) is 5.60 Å². The zero-order valence-electron chi connectivity index (χ0n) is 10.5. The van der Waals surface area contributed by atoms with Crippen molar-refractivity contribution in [3.63, 3.8) is 0 Å². The maximum atomic E-state index is 12.6. The largest absolute Gasteiger partial charge is 0.366 e. The van der Waals surface area contributed by atoms with Crippen molar-refractivity contribution in [1.29, 1.82) is 0 Å². The Morgan fingerprint density at radius 2 is 2.18 bits per heavy atom. The number of Topliss-reactive ketones (excluding diaryl/α,β-unsaturated/α-hetero) is 1. The van der Waals surface area contributed by atoms with Crippen LogP contribution in [0.2, 0.25) is 0 Å². The quantitative estimate of drug-likeness (QED) is 0.680. The second-order valence-corrected chi connectivity index (χ2v) is 5.26. The second kappa shape index (κ2) is 3.40. The van der Waals surface area contributed by atoms with E-state index < -0.39 is 11.4 Å². The third-order valence-electron chi connectivity index (χ3n) is 4.57. The molecular weight excluding hydrogens is 220 g/mol. The van der Waals surface area contributed by atoms with Crippen LogP contribution in [0, 0.1) is 11.8 Å². The van der Waals surface area contributed by atoms with Crippen molar-refractivity contribution in [2.24, 2.45) is 11.8 Å².